The Labute approximate surface area is 94.0 Å². The minimum atomic E-state index is 0.126. The van der Waals surface area contributed by atoms with Gasteiger partial charge in [-0.05, 0) is 39.7 Å². The smallest absolute Gasteiger partial charge is 0.0702 e. The van der Waals surface area contributed by atoms with E-state index in [1.54, 1.807) is 0 Å². The van der Waals surface area contributed by atoms with Crippen LogP contribution in [0.15, 0.2) is 0 Å². The topological polar surface area (TPSA) is 38.5 Å². The molecule has 0 bridgehead atoms. The quantitative estimate of drug-likeness (QED) is 0.755. The summed E-state index contributed by atoms with van der Waals surface area (Å²) in [5.74, 6) is 0. The lowest BCUT2D eigenvalue weighted by atomic mass is 9.96. The third-order valence-electron chi connectivity index (χ3n) is 3.87. The van der Waals surface area contributed by atoms with Gasteiger partial charge in [-0.3, -0.25) is 4.90 Å². The van der Waals surface area contributed by atoms with Gasteiger partial charge in [-0.2, -0.15) is 0 Å². The van der Waals surface area contributed by atoms with Crippen molar-refractivity contribution in [2.75, 3.05) is 26.7 Å². The maximum atomic E-state index is 5.84. The standard InChI is InChI=1S/C12H26N2O/c1-4-12(2,10-13)14(3)9-11-7-5-6-8-15-11/h11H,4-10,13H2,1-3H3. The molecule has 15 heavy (non-hydrogen) atoms. The molecule has 1 fully saturated rings. The van der Waals surface area contributed by atoms with Crippen LogP contribution < -0.4 is 5.73 Å². The molecule has 1 aliphatic rings. The van der Waals surface area contributed by atoms with E-state index >= 15 is 0 Å². The van der Waals surface area contributed by atoms with E-state index < -0.39 is 0 Å². The molecule has 90 valence electrons. The second kappa shape index (κ2) is 5.83. The van der Waals surface area contributed by atoms with Crippen molar-refractivity contribution in [2.24, 2.45) is 5.73 Å². The molecule has 0 spiro atoms. The maximum absolute atomic E-state index is 5.84. The van der Waals surface area contributed by atoms with Crippen LogP contribution in [0.4, 0.5) is 0 Å². The van der Waals surface area contributed by atoms with Crippen LogP contribution in [0, 0.1) is 0 Å². The van der Waals surface area contributed by atoms with Crippen molar-refractivity contribution in [2.45, 2.75) is 51.2 Å². The van der Waals surface area contributed by atoms with Crippen molar-refractivity contribution < 1.29 is 4.74 Å². The molecule has 3 nitrogen and oxygen atoms in total. The van der Waals surface area contributed by atoms with Gasteiger partial charge in [-0.1, -0.05) is 6.92 Å². The molecule has 2 atom stereocenters. The Balaban J connectivity index is 2.41. The first-order chi connectivity index (χ1) is 7.12. The summed E-state index contributed by atoms with van der Waals surface area (Å²) in [5.41, 5.74) is 5.97. The van der Waals surface area contributed by atoms with Gasteiger partial charge in [-0.15, -0.1) is 0 Å². The summed E-state index contributed by atoms with van der Waals surface area (Å²) in [6, 6.07) is 0. The Morgan fingerprint density at radius 1 is 1.47 bits per heavy atom. The van der Waals surface area contributed by atoms with Crippen molar-refractivity contribution in [3.05, 3.63) is 0 Å². The molecule has 2 N–H and O–H groups in total. The van der Waals surface area contributed by atoms with E-state index in [9.17, 15) is 0 Å². The Hall–Kier alpha value is -0.120. The fourth-order valence-electron chi connectivity index (χ4n) is 2.05. The van der Waals surface area contributed by atoms with Gasteiger partial charge < -0.3 is 10.5 Å². The van der Waals surface area contributed by atoms with E-state index in [2.05, 4.69) is 25.8 Å². The van der Waals surface area contributed by atoms with E-state index in [1.165, 1.54) is 19.3 Å². The van der Waals surface area contributed by atoms with Gasteiger partial charge in [0.1, 0.15) is 0 Å². The number of nitrogens with two attached hydrogens (primary N) is 1. The molecule has 0 aliphatic carbocycles. The molecule has 1 saturated heterocycles. The van der Waals surface area contributed by atoms with Crippen LogP contribution in [0.3, 0.4) is 0 Å². The lowest BCUT2D eigenvalue weighted by molar-refractivity contribution is -0.0203. The third-order valence-corrected chi connectivity index (χ3v) is 3.87. The summed E-state index contributed by atoms with van der Waals surface area (Å²) in [4.78, 5) is 2.36. The summed E-state index contributed by atoms with van der Waals surface area (Å²) in [6.45, 7) is 7.10. The summed E-state index contributed by atoms with van der Waals surface area (Å²) in [6.07, 6.45) is 5.24. The third kappa shape index (κ3) is 3.44. The van der Waals surface area contributed by atoms with Gasteiger partial charge >= 0.3 is 0 Å². The lowest BCUT2D eigenvalue weighted by Gasteiger charge is -2.39. The number of ether oxygens (including phenoxy) is 1. The zero-order valence-corrected chi connectivity index (χ0v) is 10.5. The van der Waals surface area contributed by atoms with Crippen LogP contribution in [0.2, 0.25) is 0 Å². The highest BCUT2D eigenvalue weighted by Gasteiger charge is 2.28. The number of rotatable bonds is 5. The second-order valence-corrected chi connectivity index (χ2v) is 4.92. The first kappa shape index (κ1) is 12.9. The highest BCUT2D eigenvalue weighted by molar-refractivity contribution is 4.85. The van der Waals surface area contributed by atoms with Gasteiger partial charge in [0.15, 0.2) is 0 Å². The van der Waals surface area contributed by atoms with Gasteiger partial charge in [0.05, 0.1) is 6.10 Å². The Morgan fingerprint density at radius 2 is 2.20 bits per heavy atom. The molecule has 1 heterocycles. The SMILES string of the molecule is CCC(C)(CN)N(C)CC1CCCCO1. The molecule has 1 aliphatic heterocycles. The van der Waals surface area contributed by atoms with Gasteiger partial charge in [0, 0.05) is 25.2 Å². The van der Waals surface area contributed by atoms with Gasteiger partial charge in [0.2, 0.25) is 0 Å². The molecule has 0 aromatic rings. The van der Waals surface area contributed by atoms with Crippen LogP contribution in [-0.2, 0) is 4.74 Å². The molecular formula is C12H26N2O. The molecule has 0 saturated carbocycles. The molecule has 3 heteroatoms. The molecule has 2 unspecified atom stereocenters. The second-order valence-electron chi connectivity index (χ2n) is 4.92. The van der Waals surface area contributed by atoms with E-state index in [1.807, 2.05) is 0 Å². The van der Waals surface area contributed by atoms with E-state index in [-0.39, 0.29) is 5.54 Å². The van der Waals surface area contributed by atoms with Crippen molar-refractivity contribution >= 4 is 0 Å². The highest BCUT2D eigenvalue weighted by Crippen LogP contribution is 2.20. The van der Waals surface area contributed by atoms with E-state index in [0.717, 1.165) is 19.6 Å². The average Bonchev–Trinajstić information content (AvgIpc) is 2.29. The molecule has 0 aromatic carbocycles. The van der Waals surface area contributed by atoms with Crippen LogP contribution >= 0.6 is 0 Å². The fraction of sp³-hybridized carbons (Fsp3) is 1.00. The van der Waals surface area contributed by atoms with Crippen LogP contribution in [0.25, 0.3) is 0 Å². The molecule has 0 radical (unpaired) electrons. The minimum absolute atomic E-state index is 0.126. The van der Waals surface area contributed by atoms with Gasteiger partial charge in [0.25, 0.3) is 0 Å². The molecule has 0 amide bonds. The first-order valence-corrected chi connectivity index (χ1v) is 6.15. The van der Waals surface area contributed by atoms with Crippen molar-refractivity contribution in [1.29, 1.82) is 0 Å². The van der Waals surface area contributed by atoms with E-state index in [4.69, 9.17) is 10.5 Å². The highest BCUT2D eigenvalue weighted by atomic mass is 16.5. The van der Waals surface area contributed by atoms with Crippen LogP contribution in [0.1, 0.15) is 39.5 Å². The summed E-state index contributed by atoms with van der Waals surface area (Å²) in [7, 11) is 2.16. The average molecular weight is 214 g/mol. The predicted octanol–water partition coefficient (Wildman–Crippen LogP) is 1.61. The number of hydrogen-bond acceptors (Lipinski definition) is 3. The van der Waals surface area contributed by atoms with Crippen LogP contribution in [0.5, 0.6) is 0 Å². The summed E-state index contributed by atoms with van der Waals surface area (Å²) >= 11 is 0. The van der Waals surface area contributed by atoms with Crippen molar-refractivity contribution in [3.63, 3.8) is 0 Å². The van der Waals surface area contributed by atoms with Crippen molar-refractivity contribution in [3.8, 4) is 0 Å². The largest absolute Gasteiger partial charge is 0.377 e. The Kier molecular flexibility index (Phi) is 5.03. The first-order valence-electron chi connectivity index (χ1n) is 6.15. The fourth-order valence-corrected chi connectivity index (χ4v) is 2.05. The summed E-state index contributed by atoms with van der Waals surface area (Å²) in [5, 5.41) is 0. The Morgan fingerprint density at radius 3 is 2.67 bits per heavy atom. The Bertz CT molecular complexity index is 174. The molecule has 0 aromatic heterocycles. The molecule has 1 rings (SSSR count). The van der Waals surface area contributed by atoms with Gasteiger partial charge in [-0.25, -0.2) is 0 Å². The zero-order valence-electron chi connectivity index (χ0n) is 10.5. The monoisotopic (exact) mass is 214 g/mol. The zero-order chi connectivity index (χ0) is 11.3. The summed E-state index contributed by atoms with van der Waals surface area (Å²) < 4.78 is 5.75. The number of likely N-dealkylation sites (N-methyl/N-ethyl adjacent to an activating group) is 1. The lowest BCUT2D eigenvalue weighted by Crippen LogP contribution is -2.52. The maximum Gasteiger partial charge on any atom is 0.0702 e. The van der Waals surface area contributed by atoms with Crippen molar-refractivity contribution in [1.82, 2.24) is 4.90 Å². The number of hydrogen-bond donors (Lipinski definition) is 1. The predicted molar refractivity (Wildman–Crippen MR) is 64.0 cm³/mol. The normalized spacial score (nSPS) is 26.6. The molecular weight excluding hydrogens is 188 g/mol. The van der Waals surface area contributed by atoms with Crippen LogP contribution in [-0.4, -0.2) is 43.3 Å². The minimum Gasteiger partial charge on any atom is -0.377 e. The number of nitrogens with zero attached hydrogens (tertiary/aromatic N) is 1. The van der Waals surface area contributed by atoms with E-state index in [0.29, 0.717) is 12.6 Å².